The molecule has 194 valence electrons. The minimum absolute atomic E-state index is 0.117. The number of nitrogens with zero attached hydrogens (tertiary/aromatic N) is 4. The number of hydrogen-bond donors (Lipinski definition) is 8. The summed E-state index contributed by atoms with van der Waals surface area (Å²) in [5.41, 5.74) is 0. The highest BCUT2D eigenvalue weighted by Crippen LogP contribution is 2.19. The Balaban J connectivity index is 5.84. The van der Waals surface area contributed by atoms with Gasteiger partial charge in [-0.25, -0.2) is 0 Å². The van der Waals surface area contributed by atoms with E-state index in [1.54, 1.807) is 0 Å². The van der Waals surface area contributed by atoms with E-state index in [0.29, 0.717) is 65.2 Å². The molecule has 0 aliphatic carbocycles. The molecule has 0 heterocycles. The molecule has 0 rings (SSSR count). The van der Waals surface area contributed by atoms with Gasteiger partial charge in [0.1, 0.15) is 0 Å². The van der Waals surface area contributed by atoms with Gasteiger partial charge in [0.2, 0.25) is 0 Å². The maximum atomic E-state index is 9.52. The Morgan fingerprint density at radius 1 is 0.312 bits per heavy atom. The molecule has 0 atom stereocenters. The molecule has 8 N–H and O–H groups in total. The topological polar surface area (TPSA) is 175 Å². The van der Waals surface area contributed by atoms with Gasteiger partial charge in [0.25, 0.3) is 0 Å². The first-order valence-electron chi connectivity index (χ1n) is 11.4. The molecule has 0 saturated heterocycles. The van der Waals surface area contributed by atoms with Crippen LogP contribution in [0.15, 0.2) is 0 Å². The van der Waals surface area contributed by atoms with E-state index in [9.17, 15) is 40.9 Å². The predicted octanol–water partition coefficient (Wildman–Crippen LogP) is -4.43. The molecule has 0 aromatic rings. The lowest BCUT2D eigenvalue weighted by atomic mass is 10.1. The van der Waals surface area contributed by atoms with E-state index in [-0.39, 0.29) is 65.2 Å². The Hall–Kier alpha value is -0.480. The minimum Gasteiger partial charge on any atom is -0.395 e. The molecule has 0 radical (unpaired) electrons. The lowest BCUT2D eigenvalue weighted by Gasteiger charge is -2.43. The molecule has 0 saturated carbocycles. The second-order valence-corrected chi connectivity index (χ2v) is 7.47. The van der Waals surface area contributed by atoms with Crippen molar-refractivity contribution in [2.75, 3.05) is 105 Å². The summed E-state index contributed by atoms with van der Waals surface area (Å²) in [6.45, 7) is 1.49. The van der Waals surface area contributed by atoms with Crippen molar-refractivity contribution in [3.8, 4) is 0 Å². The zero-order chi connectivity index (χ0) is 24.2. The van der Waals surface area contributed by atoms with E-state index >= 15 is 0 Å². The number of rotatable bonds is 23. The molecule has 32 heavy (non-hydrogen) atoms. The molecule has 0 amide bonds. The van der Waals surface area contributed by atoms with Crippen molar-refractivity contribution in [1.82, 2.24) is 19.6 Å². The summed E-state index contributed by atoms with van der Waals surface area (Å²) >= 11 is 0. The fourth-order valence-corrected chi connectivity index (χ4v) is 4.16. The zero-order valence-electron chi connectivity index (χ0n) is 19.2. The van der Waals surface area contributed by atoms with E-state index in [1.807, 2.05) is 19.6 Å². The van der Waals surface area contributed by atoms with Gasteiger partial charge >= 0.3 is 0 Å². The number of aliphatic hydroxyl groups excluding tert-OH is 8. The summed E-state index contributed by atoms with van der Waals surface area (Å²) in [5, 5.41) is 76.2. The highest BCUT2D eigenvalue weighted by molar-refractivity contribution is 4.80. The molecular formula is C20H46N4O8. The summed E-state index contributed by atoms with van der Waals surface area (Å²) < 4.78 is 0. The third kappa shape index (κ3) is 12.1. The van der Waals surface area contributed by atoms with Crippen molar-refractivity contribution in [3.63, 3.8) is 0 Å². The van der Waals surface area contributed by atoms with E-state index < -0.39 is 0 Å². The Kier molecular flexibility index (Phi) is 20.8. The van der Waals surface area contributed by atoms with Crippen molar-refractivity contribution in [2.45, 2.75) is 25.2 Å². The highest BCUT2D eigenvalue weighted by Gasteiger charge is 2.29. The third-order valence-corrected chi connectivity index (χ3v) is 5.47. The van der Waals surface area contributed by atoms with Gasteiger partial charge in [0.05, 0.1) is 65.2 Å². The van der Waals surface area contributed by atoms with Crippen LogP contribution >= 0.6 is 0 Å². The normalized spacial score (nSPS) is 12.6. The first-order valence-corrected chi connectivity index (χ1v) is 11.4. The van der Waals surface area contributed by atoms with Crippen molar-refractivity contribution >= 4 is 0 Å². The SMILES string of the molecule is OCCN(CCO)C(CCC(N(CCO)CCO)N(CCO)CCO)N(CCO)CCO. The van der Waals surface area contributed by atoms with Crippen LogP contribution in [0, 0.1) is 0 Å². The van der Waals surface area contributed by atoms with Gasteiger partial charge in [0, 0.05) is 52.4 Å². The number of aliphatic hydroxyl groups is 8. The summed E-state index contributed by atoms with van der Waals surface area (Å²) in [6.07, 6.45) is 0.439. The fraction of sp³-hybridized carbons (Fsp3) is 1.00. The molecule has 12 nitrogen and oxygen atoms in total. The molecule has 0 unspecified atom stereocenters. The zero-order valence-corrected chi connectivity index (χ0v) is 19.2. The van der Waals surface area contributed by atoms with Crippen molar-refractivity contribution in [3.05, 3.63) is 0 Å². The van der Waals surface area contributed by atoms with Crippen molar-refractivity contribution < 1.29 is 40.9 Å². The summed E-state index contributed by atoms with van der Waals surface area (Å²) in [6, 6.07) is 0. The molecular weight excluding hydrogens is 424 g/mol. The largest absolute Gasteiger partial charge is 0.395 e. The predicted molar refractivity (Wildman–Crippen MR) is 120 cm³/mol. The Bertz CT molecular complexity index is 322. The Morgan fingerprint density at radius 3 is 0.594 bits per heavy atom. The van der Waals surface area contributed by atoms with Crippen LogP contribution in [-0.2, 0) is 0 Å². The van der Waals surface area contributed by atoms with Gasteiger partial charge < -0.3 is 40.9 Å². The first-order chi connectivity index (χ1) is 15.6. The molecule has 0 aliphatic heterocycles. The van der Waals surface area contributed by atoms with E-state index in [1.165, 1.54) is 0 Å². The Morgan fingerprint density at radius 2 is 0.469 bits per heavy atom. The van der Waals surface area contributed by atoms with Gasteiger partial charge in [-0.1, -0.05) is 0 Å². The molecule has 12 heteroatoms. The van der Waals surface area contributed by atoms with Gasteiger partial charge in [0.15, 0.2) is 0 Å². The van der Waals surface area contributed by atoms with Gasteiger partial charge in [-0.05, 0) is 12.8 Å². The average molecular weight is 471 g/mol. The number of hydrogen-bond acceptors (Lipinski definition) is 12. The quantitative estimate of drug-likeness (QED) is 0.0674. The lowest BCUT2D eigenvalue weighted by Crippen LogP contribution is -2.55. The fourth-order valence-electron chi connectivity index (χ4n) is 4.16. The maximum absolute atomic E-state index is 9.52. The van der Waals surface area contributed by atoms with Crippen LogP contribution in [0.5, 0.6) is 0 Å². The van der Waals surface area contributed by atoms with Crippen LogP contribution in [0.2, 0.25) is 0 Å². The van der Waals surface area contributed by atoms with Crippen LogP contribution < -0.4 is 0 Å². The second kappa shape index (κ2) is 21.1. The Labute approximate surface area is 191 Å². The van der Waals surface area contributed by atoms with Gasteiger partial charge in [-0.2, -0.15) is 0 Å². The molecule has 0 aromatic heterocycles. The second-order valence-electron chi connectivity index (χ2n) is 7.47. The van der Waals surface area contributed by atoms with Crippen LogP contribution in [-0.4, -0.2) is 178 Å². The van der Waals surface area contributed by atoms with Crippen LogP contribution in [0.3, 0.4) is 0 Å². The van der Waals surface area contributed by atoms with E-state index in [4.69, 9.17) is 0 Å². The van der Waals surface area contributed by atoms with Crippen molar-refractivity contribution in [1.29, 1.82) is 0 Å². The first kappa shape index (κ1) is 31.5. The van der Waals surface area contributed by atoms with Gasteiger partial charge in [-0.15, -0.1) is 0 Å². The summed E-state index contributed by atoms with van der Waals surface area (Å²) in [5.74, 6) is 0. The lowest BCUT2D eigenvalue weighted by molar-refractivity contribution is -0.0305. The van der Waals surface area contributed by atoms with E-state index in [0.717, 1.165) is 0 Å². The van der Waals surface area contributed by atoms with Crippen LogP contribution in [0.25, 0.3) is 0 Å². The smallest absolute Gasteiger partial charge is 0.0626 e. The maximum Gasteiger partial charge on any atom is 0.0626 e. The van der Waals surface area contributed by atoms with Crippen LogP contribution in [0.1, 0.15) is 12.8 Å². The van der Waals surface area contributed by atoms with Crippen LogP contribution in [0.4, 0.5) is 0 Å². The van der Waals surface area contributed by atoms with E-state index in [2.05, 4.69) is 0 Å². The summed E-state index contributed by atoms with van der Waals surface area (Å²) in [4.78, 5) is 7.58. The monoisotopic (exact) mass is 470 g/mol. The third-order valence-electron chi connectivity index (χ3n) is 5.47. The standard InChI is InChI=1S/C20H46N4O8/c25-11-3-21(4-12-26)19(22(5-13-27)6-14-28)1-2-20(23(7-15-29)8-16-30)24(9-17-31)10-18-32/h19-20,25-32H,1-18H2. The minimum atomic E-state index is -0.300. The highest BCUT2D eigenvalue weighted by atomic mass is 16.3. The average Bonchev–Trinajstić information content (AvgIpc) is 2.77. The molecule has 0 aromatic carbocycles. The van der Waals surface area contributed by atoms with Gasteiger partial charge in [-0.3, -0.25) is 19.6 Å². The van der Waals surface area contributed by atoms with Crippen molar-refractivity contribution in [2.24, 2.45) is 0 Å². The molecule has 0 fully saturated rings. The molecule has 0 spiro atoms. The summed E-state index contributed by atoms with van der Waals surface area (Å²) in [7, 11) is 0. The molecule has 0 bridgehead atoms. The molecule has 0 aliphatic rings.